The summed E-state index contributed by atoms with van der Waals surface area (Å²) in [7, 11) is 0. The van der Waals surface area contributed by atoms with Crippen LogP contribution in [0.25, 0.3) is 11.3 Å². The van der Waals surface area contributed by atoms with Gasteiger partial charge in [-0.05, 0) is 25.5 Å². The van der Waals surface area contributed by atoms with Gasteiger partial charge in [-0.1, -0.05) is 12.1 Å². The van der Waals surface area contributed by atoms with Crippen molar-refractivity contribution >= 4 is 17.2 Å². The molecule has 20 heavy (non-hydrogen) atoms. The van der Waals surface area contributed by atoms with E-state index in [4.69, 9.17) is 5.73 Å². The van der Waals surface area contributed by atoms with E-state index in [1.54, 1.807) is 11.3 Å². The van der Waals surface area contributed by atoms with E-state index in [-0.39, 0.29) is 11.9 Å². The third-order valence-electron chi connectivity index (χ3n) is 3.54. The Morgan fingerprint density at radius 3 is 3.00 bits per heavy atom. The maximum Gasteiger partial charge on any atom is 0.253 e. The van der Waals surface area contributed by atoms with E-state index in [1.807, 2.05) is 41.5 Å². The van der Waals surface area contributed by atoms with Gasteiger partial charge in [-0.15, -0.1) is 11.3 Å². The van der Waals surface area contributed by atoms with Crippen LogP contribution in [0.1, 0.15) is 21.8 Å². The highest BCUT2D eigenvalue weighted by Crippen LogP contribution is 2.23. The molecule has 1 aromatic carbocycles. The third kappa shape index (κ3) is 2.59. The fourth-order valence-corrected chi connectivity index (χ4v) is 3.08. The van der Waals surface area contributed by atoms with Crippen molar-refractivity contribution in [2.45, 2.75) is 19.4 Å². The summed E-state index contributed by atoms with van der Waals surface area (Å²) in [5.74, 6) is 0.0618. The van der Waals surface area contributed by atoms with Crippen molar-refractivity contribution < 1.29 is 4.79 Å². The molecule has 1 fully saturated rings. The minimum atomic E-state index is 0.0618. The number of carbonyl (C=O) groups excluding carboxylic acids is 1. The molecule has 1 atom stereocenters. The molecule has 1 amide bonds. The number of thiazole rings is 1. The monoisotopic (exact) mass is 287 g/mol. The summed E-state index contributed by atoms with van der Waals surface area (Å²) in [5.41, 5.74) is 8.49. The number of hydrogen-bond acceptors (Lipinski definition) is 4. The SMILES string of the molecule is Cc1nc(-c2cccc(C(=O)N3CC[C@@H](N)C3)c2)cs1. The van der Waals surface area contributed by atoms with Crippen LogP contribution in [0.15, 0.2) is 29.6 Å². The first-order valence-electron chi connectivity index (χ1n) is 6.71. The van der Waals surface area contributed by atoms with Crippen LogP contribution in [0.5, 0.6) is 0 Å². The topological polar surface area (TPSA) is 59.2 Å². The normalized spacial score (nSPS) is 18.5. The smallest absolute Gasteiger partial charge is 0.253 e. The molecule has 104 valence electrons. The molecular weight excluding hydrogens is 270 g/mol. The second kappa shape index (κ2) is 5.34. The van der Waals surface area contributed by atoms with Gasteiger partial charge in [-0.3, -0.25) is 4.79 Å². The van der Waals surface area contributed by atoms with Gasteiger partial charge in [-0.2, -0.15) is 0 Å². The first kappa shape index (κ1) is 13.3. The van der Waals surface area contributed by atoms with Crippen LogP contribution in [0, 0.1) is 6.92 Å². The molecule has 1 aliphatic rings. The molecule has 0 bridgehead atoms. The summed E-state index contributed by atoms with van der Waals surface area (Å²) in [6, 6.07) is 7.78. The molecule has 2 aromatic rings. The van der Waals surface area contributed by atoms with E-state index >= 15 is 0 Å². The van der Waals surface area contributed by atoms with E-state index < -0.39 is 0 Å². The van der Waals surface area contributed by atoms with Crippen LogP contribution in [0.4, 0.5) is 0 Å². The predicted molar refractivity (Wildman–Crippen MR) is 80.8 cm³/mol. The van der Waals surface area contributed by atoms with Gasteiger partial charge in [0, 0.05) is 35.6 Å². The van der Waals surface area contributed by atoms with Gasteiger partial charge in [0.1, 0.15) is 0 Å². The number of nitrogens with two attached hydrogens (primary N) is 1. The van der Waals surface area contributed by atoms with Crippen molar-refractivity contribution in [3.63, 3.8) is 0 Å². The van der Waals surface area contributed by atoms with Crippen molar-refractivity contribution in [2.75, 3.05) is 13.1 Å². The number of likely N-dealkylation sites (tertiary alicyclic amines) is 1. The Hall–Kier alpha value is -1.72. The number of benzene rings is 1. The average molecular weight is 287 g/mol. The van der Waals surface area contributed by atoms with Crippen LogP contribution >= 0.6 is 11.3 Å². The quantitative estimate of drug-likeness (QED) is 0.922. The molecule has 1 aromatic heterocycles. The number of aryl methyl sites for hydroxylation is 1. The summed E-state index contributed by atoms with van der Waals surface area (Å²) < 4.78 is 0. The second-order valence-corrected chi connectivity index (χ2v) is 6.19. The zero-order valence-electron chi connectivity index (χ0n) is 11.4. The third-order valence-corrected chi connectivity index (χ3v) is 4.31. The van der Waals surface area contributed by atoms with E-state index in [9.17, 15) is 4.79 Å². The summed E-state index contributed by atoms with van der Waals surface area (Å²) in [6.07, 6.45) is 0.886. The highest BCUT2D eigenvalue weighted by atomic mass is 32.1. The van der Waals surface area contributed by atoms with Gasteiger partial charge in [0.15, 0.2) is 0 Å². The molecule has 4 nitrogen and oxygen atoms in total. The molecule has 0 aliphatic carbocycles. The molecule has 0 saturated carbocycles. The van der Waals surface area contributed by atoms with Crippen LogP contribution in [-0.4, -0.2) is 34.9 Å². The van der Waals surface area contributed by atoms with E-state index in [2.05, 4.69) is 4.98 Å². The summed E-state index contributed by atoms with van der Waals surface area (Å²) in [4.78, 5) is 18.7. The molecular formula is C15H17N3OS. The number of hydrogen-bond donors (Lipinski definition) is 1. The molecule has 2 heterocycles. The summed E-state index contributed by atoms with van der Waals surface area (Å²) >= 11 is 1.62. The summed E-state index contributed by atoms with van der Waals surface area (Å²) in [6.45, 7) is 3.38. The molecule has 1 aliphatic heterocycles. The zero-order valence-corrected chi connectivity index (χ0v) is 12.2. The lowest BCUT2D eigenvalue weighted by Crippen LogP contribution is -2.31. The van der Waals surface area contributed by atoms with Crippen molar-refractivity contribution in [1.82, 2.24) is 9.88 Å². The average Bonchev–Trinajstić information content (AvgIpc) is 3.07. The fourth-order valence-electron chi connectivity index (χ4n) is 2.46. The van der Waals surface area contributed by atoms with Crippen molar-refractivity contribution in [1.29, 1.82) is 0 Å². The van der Waals surface area contributed by atoms with Crippen LogP contribution in [-0.2, 0) is 0 Å². The van der Waals surface area contributed by atoms with Gasteiger partial charge in [0.2, 0.25) is 0 Å². The van der Waals surface area contributed by atoms with E-state index in [0.717, 1.165) is 29.2 Å². The molecule has 1 saturated heterocycles. The van der Waals surface area contributed by atoms with Crippen LogP contribution in [0.3, 0.4) is 0 Å². The first-order valence-corrected chi connectivity index (χ1v) is 7.59. The molecule has 5 heteroatoms. The minimum absolute atomic E-state index is 0.0618. The number of carbonyl (C=O) groups is 1. The molecule has 2 N–H and O–H groups in total. The number of aromatic nitrogens is 1. The second-order valence-electron chi connectivity index (χ2n) is 5.13. The zero-order chi connectivity index (χ0) is 14.1. The largest absolute Gasteiger partial charge is 0.337 e. The lowest BCUT2D eigenvalue weighted by Gasteiger charge is -2.16. The van der Waals surface area contributed by atoms with Crippen molar-refractivity contribution in [2.24, 2.45) is 5.73 Å². The van der Waals surface area contributed by atoms with Crippen LogP contribution < -0.4 is 5.73 Å². The van der Waals surface area contributed by atoms with Gasteiger partial charge in [0.05, 0.1) is 10.7 Å². The van der Waals surface area contributed by atoms with E-state index in [1.165, 1.54) is 0 Å². The Morgan fingerprint density at radius 1 is 1.50 bits per heavy atom. The van der Waals surface area contributed by atoms with Crippen molar-refractivity contribution in [3.05, 3.63) is 40.2 Å². The Bertz CT molecular complexity index is 638. The van der Waals surface area contributed by atoms with Gasteiger partial charge >= 0.3 is 0 Å². The highest BCUT2D eigenvalue weighted by molar-refractivity contribution is 7.09. The van der Waals surface area contributed by atoms with Gasteiger partial charge in [-0.25, -0.2) is 4.98 Å². The molecule has 3 rings (SSSR count). The Kier molecular flexibility index (Phi) is 3.54. The number of amides is 1. The predicted octanol–water partition coefficient (Wildman–Crippen LogP) is 2.29. The number of rotatable bonds is 2. The molecule has 0 spiro atoms. The lowest BCUT2D eigenvalue weighted by molar-refractivity contribution is 0.0791. The first-order chi connectivity index (χ1) is 9.63. The highest BCUT2D eigenvalue weighted by Gasteiger charge is 2.24. The number of nitrogens with zero attached hydrogens (tertiary/aromatic N) is 2. The standard InChI is InChI=1S/C15H17N3OS/c1-10-17-14(9-20-10)11-3-2-4-12(7-11)15(19)18-6-5-13(16)8-18/h2-4,7,9,13H,5-6,8,16H2,1H3/t13-/m1/s1. The van der Waals surface area contributed by atoms with Gasteiger partial charge in [0.25, 0.3) is 5.91 Å². The maximum absolute atomic E-state index is 12.4. The maximum atomic E-state index is 12.4. The van der Waals surface area contributed by atoms with Crippen molar-refractivity contribution in [3.8, 4) is 11.3 Å². The fraction of sp³-hybridized carbons (Fsp3) is 0.333. The van der Waals surface area contributed by atoms with E-state index in [0.29, 0.717) is 12.1 Å². The minimum Gasteiger partial charge on any atom is -0.337 e. The Labute approximate surface area is 122 Å². The molecule has 0 unspecified atom stereocenters. The van der Waals surface area contributed by atoms with Gasteiger partial charge < -0.3 is 10.6 Å². The Balaban J connectivity index is 1.86. The van der Waals surface area contributed by atoms with Crippen LogP contribution in [0.2, 0.25) is 0 Å². The Morgan fingerprint density at radius 2 is 2.35 bits per heavy atom. The molecule has 0 radical (unpaired) electrons. The summed E-state index contributed by atoms with van der Waals surface area (Å²) in [5, 5.41) is 3.05. The lowest BCUT2D eigenvalue weighted by atomic mass is 10.1.